The van der Waals surface area contributed by atoms with E-state index in [0.29, 0.717) is 12.5 Å². The number of aromatic nitrogens is 1. The highest BCUT2D eigenvalue weighted by Gasteiger charge is 2.35. The summed E-state index contributed by atoms with van der Waals surface area (Å²) in [6.45, 7) is 5.58. The molecule has 198 valence electrons. The van der Waals surface area contributed by atoms with Crippen LogP contribution in [0.25, 0.3) is 0 Å². The van der Waals surface area contributed by atoms with Crippen LogP contribution in [0.15, 0.2) is 45.6 Å². The van der Waals surface area contributed by atoms with Crippen LogP contribution < -0.4 is 5.32 Å². The number of nitrogens with one attached hydrogen (secondary N) is 1. The quantitative estimate of drug-likeness (QED) is 0.274. The summed E-state index contributed by atoms with van der Waals surface area (Å²) < 4.78 is 25.4. The van der Waals surface area contributed by atoms with Gasteiger partial charge in [0.15, 0.2) is 15.0 Å². The molecule has 0 saturated heterocycles. The zero-order chi connectivity index (χ0) is 26.3. The van der Waals surface area contributed by atoms with E-state index in [0.717, 1.165) is 49.2 Å². The molecule has 0 unspecified atom stereocenters. The summed E-state index contributed by atoms with van der Waals surface area (Å²) >= 11 is 2.62. The van der Waals surface area contributed by atoms with Crippen molar-refractivity contribution in [1.82, 2.24) is 9.88 Å². The van der Waals surface area contributed by atoms with Crippen LogP contribution in [0, 0.1) is 11.3 Å². The summed E-state index contributed by atoms with van der Waals surface area (Å²) in [6, 6.07) is 10.0. The van der Waals surface area contributed by atoms with Gasteiger partial charge in [0.1, 0.15) is 4.21 Å². The van der Waals surface area contributed by atoms with Crippen LogP contribution in [0.3, 0.4) is 0 Å². The third kappa shape index (κ3) is 7.94. The molecule has 2 amide bonds. The third-order valence-corrected chi connectivity index (χ3v) is 11.0. The lowest BCUT2D eigenvalue weighted by atomic mass is 9.86. The average Bonchev–Trinajstić information content (AvgIpc) is 3.29. The summed E-state index contributed by atoms with van der Waals surface area (Å²) in [5.74, 6) is -0.194. The van der Waals surface area contributed by atoms with E-state index >= 15 is 0 Å². The number of sulfone groups is 1. The number of hydrogen-bond acceptors (Lipinski definition) is 7. The van der Waals surface area contributed by atoms with Gasteiger partial charge in [0.25, 0.3) is 0 Å². The fraction of sp³-hybridized carbons (Fsp3) is 0.560. The number of carboxylic acid groups (broad SMARTS) is 1. The molecular weight excluding hydrogens is 518 g/mol. The highest BCUT2D eigenvalue weighted by atomic mass is 32.2. The minimum absolute atomic E-state index is 0.0515. The first-order valence-electron chi connectivity index (χ1n) is 12.2. The van der Waals surface area contributed by atoms with Crippen LogP contribution in [0.1, 0.15) is 52.9 Å². The van der Waals surface area contributed by atoms with Crippen molar-refractivity contribution in [2.75, 3.05) is 23.4 Å². The van der Waals surface area contributed by atoms with Crippen LogP contribution in [0.4, 0.5) is 9.93 Å². The molecule has 2 N–H and O–H groups in total. The Morgan fingerprint density at radius 1 is 1.19 bits per heavy atom. The van der Waals surface area contributed by atoms with E-state index in [2.05, 4.69) is 29.4 Å². The van der Waals surface area contributed by atoms with Gasteiger partial charge in [-0.15, -0.1) is 11.8 Å². The van der Waals surface area contributed by atoms with E-state index in [9.17, 15) is 23.1 Å². The molecule has 11 heteroatoms. The van der Waals surface area contributed by atoms with Gasteiger partial charge >= 0.3 is 12.0 Å². The second-order valence-electron chi connectivity index (χ2n) is 9.98. The Labute approximate surface area is 221 Å². The molecule has 0 aliphatic heterocycles. The summed E-state index contributed by atoms with van der Waals surface area (Å²) in [7, 11) is -3.86. The van der Waals surface area contributed by atoms with Crippen molar-refractivity contribution in [2.24, 2.45) is 11.3 Å². The van der Waals surface area contributed by atoms with E-state index in [1.54, 1.807) is 11.8 Å². The lowest BCUT2D eigenvalue weighted by Crippen LogP contribution is -2.45. The summed E-state index contributed by atoms with van der Waals surface area (Å²) in [5, 5.41) is 12.3. The lowest BCUT2D eigenvalue weighted by molar-refractivity contribution is -0.145. The molecule has 1 aromatic heterocycles. The Morgan fingerprint density at radius 3 is 2.50 bits per heavy atom. The molecule has 1 saturated carbocycles. The van der Waals surface area contributed by atoms with Crippen molar-refractivity contribution in [3.8, 4) is 0 Å². The minimum Gasteiger partial charge on any atom is -0.481 e. The van der Waals surface area contributed by atoms with Crippen LogP contribution in [-0.4, -0.2) is 59.5 Å². The second-order valence-corrected chi connectivity index (χ2v) is 14.4. The fourth-order valence-electron chi connectivity index (χ4n) is 4.18. The van der Waals surface area contributed by atoms with E-state index in [1.807, 2.05) is 23.1 Å². The van der Waals surface area contributed by atoms with Gasteiger partial charge in [-0.1, -0.05) is 36.5 Å². The molecule has 36 heavy (non-hydrogen) atoms. The van der Waals surface area contributed by atoms with Crippen molar-refractivity contribution in [3.63, 3.8) is 0 Å². The smallest absolute Gasteiger partial charge is 0.323 e. The van der Waals surface area contributed by atoms with Crippen molar-refractivity contribution in [2.45, 2.75) is 68.0 Å². The van der Waals surface area contributed by atoms with Gasteiger partial charge in [-0.2, -0.15) is 0 Å². The predicted molar refractivity (Wildman–Crippen MR) is 145 cm³/mol. The van der Waals surface area contributed by atoms with Crippen LogP contribution in [-0.2, 0) is 14.6 Å². The molecule has 2 aromatic rings. The van der Waals surface area contributed by atoms with Crippen molar-refractivity contribution in [3.05, 3.63) is 36.5 Å². The second kappa shape index (κ2) is 12.4. The number of rotatable bonds is 11. The van der Waals surface area contributed by atoms with Gasteiger partial charge in [0.05, 0.1) is 17.4 Å². The zero-order valence-corrected chi connectivity index (χ0v) is 23.4. The number of hydrogen-bond donors (Lipinski definition) is 2. The standard InChI is InChI=1S/C25H35N3O5S3/c1-18-10-12-19(13-11-18)28(14-7-15-34-20-8-5-4-6-9-20)24(31)27-23-26-16-21(35-23)36(32,33)17-25(2,3)22(29)30/h4-6,8-9,16,18-19H,7,10-15,17H2,1-3H3,(H,29,30)(H,26,27,31). The molecule has 3 rings (SSSR count). The number of thioether (sulfide) groups is 1. The summed E-state index contributed by atoms with van der Waals surface area (Å²) in [4.78, 5) is 31.8. The van der Waals surface area contributed by atoms with Gasteiger partial charge < -0.3 is 10.0 Å². The van der Waals surface area contributed by atoms with E-state index < -0.39 is 27.0 Å². The average molecular weight is 554 g/mol. The Hall–Kier alpha value is -2.11. The summed E-state index contributed by atoms with van der Waals surface area (Å²) in [5.41, 5.74) is -1.43. The highest BCUT2D eigenvalue weighted by molar-refractivity contribution is 7.99. The number of amides is 2. The molecule has 0 bridgehead atoms. The number of carbonyl (C=O) groups is 2. The molecule has 0 spiro atoms. The van der Waals surface area contributed by atoms with Crippen molar-refractivity contribution >= 4 is 50.1 Å². The number of carboxylic acids is 1. The van der Waals surface area contributed by atoms with Gasteiger partial charge in [0.2, 0.25) is 0 Å². The maximum Gasteiger partial charge on any atom is 0.323 e. The number of aliphatic carboxylic acids is 1. The highest BCUT2D eigenvalue weighted by Crippen LogP contribution is 2.31. The molecule has 8 nitrogen and oxygen atoms in total. The topological polar surface area (TPSA) is 117 Å². The number of benzene rings is 1. The normalized spacial score (nSPS) is 18.5. The van der Waals surface area contributed by atoms with Gasteiger partial charge in [-0.25, -0.2) is 18.2 Å². The Morgan fingerprint density at radius 2 is 1.86 bits per heavy atom. The zero-order valence-electron chi connectivity index (χ0n) is 21.0. The van der Waals surface area contributed by atoms with Crippen LogP contribution >= 0.6 is 23.1 Å². The first-order chi connectivity index (χ1) is 17.0. The summed E-state index contributed by atoms with van der Waals surface area (Å²) in [6.07, 6.45) is 6.07. The molecule has 0 atom stereocenters. The largest absolute Gasteiger partial charge is 0.481 e. The number of anilines is 1. The molecule has 1 aliphatic rings. The van der Waals surface area contributed by atoms with Gasteiger partial charge in [0, 0.05) is 17.5 Å². The Balaban J connectivity index is 1.65. The Kier molecular flexibility index (Phi) is 9.82. The molecule has 1 aromatic carbocycles. The molecule has 0 radical (unpaired) electrons. The molecule has 1 heterocycles. The first-order valence-corrected chi connectivity index (χ1v) is 15.6. The van der Waals surface area contributed by atoms with Gasteiger partial charge in [-0.05, 0) is 69.8 Å². The van der Waals surface area contributed by atoms with E-state index in [1.165, 1.54) is 24.9 Å². The molecular formula is C25H35N3O5S3. The maximum atomic E-state index is 13.3. The predicted octanol–water partition coefficient (Wildman–Crippen LogP) is 5.62. The van der Waals surface area contributed by atoms with Gasteiger partial charge in [-0.3, -0.25) is 10.1 Å². The third-order valence-electron chi connectivity index (χ3n) is 6.38. The van der Waals surface area contributed by atoms with Crippen molar-refractivity contribution < 1.29 is 23.1 Å². The number of nitrogens with zero attached hydrogens (tertiary/aromatic N) is 2. The molecule has 1 aliphatic carbocycles. The SMILES string of the molecule is CC1CCC(N(CCCSc2ccccc2)C(=O)Nc2ncc(S(=O)(=O)CC(C)(C)C(=O)O)s2)CC1. The first kappa shape index (κ1) is 28.5. The fourth-order valence-corrected chi connectivity index (χ4v) is 7.93. The van der Waals surface area contributed by atoms with Crippen LogP contribution in [0.5, 0.6) is 0 Å². The van der Waals surface area contributed by atoms with Crippen LogP contribution in [0.2, 0.25) is 0 Å². The van der Waals surface area contributed by atoms with Crippen molar-refractivity contribution in [1.29, 1.82) is 0 Å². The Bertz CT molecular complexity index is 1130. The number of thiazole rings is 1. The monoisotopic (exact) mass is 553 g/mol. The number of urea groups is 1. The minimum atomic E-state index is -3.86. The van der Waals surface area contributed by atoms with E-state index in [4.69, 9.17) is 0 Å². The maximum absolute atomic E-state index is 13.3. The number of carbonyl (C=O) groups excluding carboxylic acids is 1. The lowest BCUT2D eigenvalue weighted by Gasteiger charge is -2.36. The molecule has 1 fully saturated rings. The van der Waals surface area contributed by atoms with E-state index in [-0.39, 0.29) is 21.4 Å².